The Labute approximate surface area is 120 Å². The molecule has 20 heavy (non-hydrogen) atoms. The Kier molecular flexibility index (Phi) is 5.87. The van der Waals surface area contributed by atoms with Crippen molar-refractivity contribution in [2.24, 2.45) is 0 Å². The van der Waals surface area contributed by atoms with Crippen LogP contribution in [-0.4, -0.2) is 41.7 Å². The molecule has 0 aromatic heterocycles. The van der Waals surface area contributed by atoms with E-state index in [-0.39, 0.29) is 12.5 Å². The fraction of sp³-hybridized carbons (Fsp3) is 0.562. The van der Waals surface area contributed by atoms with Crippen LogP contribution in [0.25, 0.3) is 0 Å². The number of ether oxygens (including phenoxy) is 1. The summed E-state index contributed by atoms with van der Waals surface area (Å²) in [6.07, 6.45) is 4.23. The number of carbonyl (C=O) groups excluding carboxylic acids is 1. The fourth-order valence-corrected chi connectivity index (χ4v) is 2.71. The van der Waals surface area contributed by atoms with Gasteiger partial charge in [-0.15, -0.1) is 0 Å². The van der Waals surface area contributed by atoms with Gasteiger partial charge in [-0.1, -0.05) is 18.2 Å². The summed E-state index contributed by atoms with van der Waals surface area (Å²) in [5, 5.41) is 8.90. The number of rotatable bonds is 7. The molecule has 2 rings (SSSR count). The van der Waals surface area contributed by atoms with Crippen LogP contribution in [0.2, 0.25) is 0 Å². The molecule has 1 aromatic rings. The number of carbonyl (C=O) groups is 1. The number of hydrogen-bond donors (Lipinski definition) is 1. The van der Waals surface area contributed by atoms with Gasteiger partial charge < -0.3 is 14.7 Å². The molecule has 4 heteroatoms. The smallest absolute Gasteiger partial charge is 0.226 e. The molecular formula is C16H23NO3. The van der Waals surface area contributed by atoms with Crippen molar-refractivity contribution in [3.63, 3.8) is 0 Å². The SMILES string of the molecule is O=C(CCOc1ccccc1)N1CCCC1CCCO. The van der Waals surface area contributed by atoms with E-state index >= 15 is 0 Å². The van der Waals surface area contributed by atoms with Crippen LogP contribution >= 0.6 is 0 Å². The summed E-state index contributed by atoms with van der Waals surface area (Å²) in [4.78, 5) is 14.2. The fourth-order valence-electron chi connectivity index (χ4n) is 2.71. The summed E-state index contributed by atoms with van der Waals surface area (Å²) in [6, 6.07) is 9.87. The highest BCUT2D eigenvalue weighted by Gasteiger charge is 2.27. The molecular weight excluding hydrogens is 254 g/mol. The molecule has 0 aliphatic carbocycles. The lowest BCUT2D eigenvalue weighted by Gasteiger charge is -2.24. The van der Waals surface area contributed by atoms with Gasteiger partial charge in [0, 0.05) is 19.2 Å². The molecule has 110 valence electrons. The van der Waals surface area contributed by atoms with Crippen molar-refractivity contribution in [1.29, 1.82) is 0 Å². The van der Waals surface area contributed by atoms with E-state index in [2.05, 4.69) is 0 Å². The molecule has 1 aliphatic heterocycles. The lowest BCUT2D eigenvalue weighted by Crippen LogP contribution is -2.36. The van der Waals surface area contributed by atoms with Gasteiger partial charge in [0.2, 0.25) is 5.91 Å². The predicted octanol–water partition coefficient (Wildman–Crippen LogP) is 2.22. The Morgan fingerprint density at radius 1 is 1.35 bits per heavy atom. The van der Waals surface area contributed by atoms with Gasteiger partial charge in [-0.2, -0.15) is 0 Å². The predicted molar refractivity (Wildman–Crippen MR) is 77.6 cm³/mol. The first kappa shape index (κ1) is 14.9. The van der Waals surface area contributed by atoms with Crippen LogP contribution < -0.4 is 4.74 Å². The van der Waals surface area contributed by atoms with E-state index in [0.29, 0.717) is 19.1 Å². The second-order valence-electron chi connectivity index (χ2n) is 5.16. The first-order valence-corrected chi connectivity index (χ1v) is 7.39. The van der Waals surface area contributed by atoms with Gasteiger partial charge in [0.05, 0.1) is 13.0 Å². The summed E-state index contributed by atoms with van der Waals surface area (Å²) in [5.41, 5.74) is 0. The average molecular weight is 277 g/mol. The van der Waals surface area contributed by atoms with E-state index in [1.54, 1.807) is 0 Å². The molecule has 1 aliphatic rings. The molecule has 1 atom stereocenters. The van der Waals surface area contributed by atoms with Crippen molar-refractivity contribution >= 4 is 5.91 Å². The zero-order valence-corrected chi connectivity index (χ0v) is 11.8. The number of aliphatic hydroxyl groups excluding tert-OH is 1. The molecule has 0 spiro atoms. The van der Waals surface area contributed by atoms with Crippen molar-refractivity contribution in [3.8, 4) is 5.75 Å². The third-order valence-electron chi connectivity index (χ3n) is 3.72. The van der Waals surface area contributed by atoms with Gasteiger partial charge in [0.15, 0.2) is 0 Å². The van der Waals surface area contributed by atoms with Crippen molar-refractivity contribution in [2.45, 2.75) is 38.1 Å². The van der Waals surface area contributed by atoms with Crippen LogP contribution in [-0.2, 0) is 4.79 Å². The van der Waals surface area contributed by atoms with Gasteiger partial charge in [-0.3, -0.25) is 4.79 Å². The number of para-hydroxylation sites is 1. The van der Waals surface area contributed by atoms with Gasteiger partial charge in [0.25, 0.3) is 0 Å². The summed E-state index contributed by atoms with van der Waals surface area (Å²) in [5.74, 6) is 0.972. The van der Waals surface area contributed by atoms with Crippen LogP contribution in [0.4, 0.5) is 0 Å². The minimum Gasteiger partial charge on any atom is -0.493 e. The largest absolute Gasteiger partial charge is 0.493 e. The molecule has 4 nitrogen and oxygen atoms in total. The maximum atomic E-state index is 12.2. The minimum absolute atomic E-state index is 0.168. The van der Waals surface area contributed by atoms with Gasteiger partial charge in [0.1, 0.15) is 5.75 Å². The maximum Gasteiger partial charge on any atom is 0.226 e. The monoisotopic (exact) mass is 277 g/mol. The Morgan fingerprint density at radius 2 is 2.15 bits per heavy atom. The summed E-state index contributed by atoms with van der Waals surface area (Å²) in [6.45, 7) is 1.47. The zero-order chi connectivity index (χ0) is 14.2. The van der Waals surface area contributed by atoms with Crippen molar-refractivity contribution < 1.29 is 14.6 Å². The molecule has 1 fully saturated rings. The average Bonchev–Trinajstić information content (AvgIpc) is 2.94. The summed E-state index contributed by atoms with van der Waals surface area (Å²) < 4.78 is 5.57. The molecule has 1 N–H and O–H groups in total. The van der Waals surface area contributed by atoms with E-state index in [0.717, 1.165) is 38.0 Å². The van der Waals surface area contributed by atoms with Gasteiger partial charge in [-0.05, 0) is 37.8 Å². The highest BCUT2D eigenvalue weighted by atomic mass is 16.5. The Hall–Kier alpha value is -1.55. The van der Waals surface area contributed by atoms with E-state index in [9.17, 15) is 4.79 Å². The molecule has 0 saturated carbocycles. The van der Waals surface area contributed by atoms with Crippen molar-refractivity contribution in [3.05, 3.63) is 30.3 Å². The molecule has 0 bridgehead atoms. The standard InChI is InChI=1S/C16H23NO3/c18-12-5-7-14-6-4-11-17(14)16(19)10-13-20-15-8-2-1-3-9-15/h1-3,8-9,14,18H,4-7,10-13H2. The Morgan fingerprint density at radius 3 is 2.90 bits per heavy atom. The van der Waals surface area contributed by atoms with Crippen LogP contribution in [0.3, 0.4) is 0 Å². The topological polar surface area (TPSA) is 49.8 Å². The highest BCUT2D eigenvalue weighted by Crippen LogP contribution is 2.22. The van der Waals surface area contributed by atoms with E-state index in [1.807, 2.05) is 35.2 Å². The van der Waals surface area contributed by atoms with Crippen LogP contribution in [0.15, 0.2) is 30.3 Å². The number of nitrogens with zero attached hydrogens (tertiary/aromatic N) is 1. The lowest BCUT2D eigenvalue weighted by molar-refractivity contribution is -0.132. The first-order chi connectivity index (χ1) is 9.81. The first-order valence-electron chi connectivity index (χ1n) is 7.39. The zero-order valence-electron chi connectivity index (χ0n) is 11.8. The quantitative estimate of drug-likeness (QED) is 0.831. The van der Waals surface area contributed by atoms with E-state index < -0.39 is 0 Å². The Bertz CT molecular complexity index is 407. The Balaban J connectivity index is 1.73. The molecule has 0 radical (unpaired) electrons. The second-order valence-corrected chi connectivity index (χ2v) is 5.16. The summed E-state index contributed by atoms with van der Waals surface area (Å²) >= 11 is 0. The lowest BCUT2D eigenvalue weighted by atomic mass is 10.1. The molecule has 1 unspecified atom stereocenters. The molecule has 1 amide bonds. The van der Waals surface area contributed by atoms with Crippen molar-refractivity contribution in [2.75, 3.05) is 19.8 Å². The van der Waals surface area contributed by atoms with Crippen molar-refractivity contribution in [1.82, 2.24) is 4.90 Å². The van der Waals surface area contributed by atoms with Crippen LogP contribution in [0.1, 0.15) is 32.1 Å². The maximum absolute atomic E-state index is 12.2. The van der Waals surface area contributed by atoms with Gasteiger partial charge >= 0.3 is 0 Å². The van der Waals surface area contributed by atoms with Crippen LogP contribution in [0, 0.1) is 0 Å². The number of benzene rings is 1. The normalized spacial score (nSPS) is 18.2. The second kappa shape index (κ2) is 7.90. The van der Waals surface area contributed by atoms with Gasteiger partial charge in [-0.25, -0.2) is 0 Å². The number of likely N-dealkylation sites (tertiary alicyclic amines) is 1. The third-order valence-corrected chi connectivity index (χ3v) is 3.72. The molecule has 1 heterocycles. The number of amides is 1. The van der Waals surface area contributed by atoms with Crippen LogP contribution in [0.5, 0.6) is 5.75 Å². The number of aliphatic hydroxyl groups is 1. The van der Waals surface area contributed by atoms with E-state index in [4.69, 9.17) is 9.84 Å². The highest BCUT2D eigenvalue weighted by molar-refractivity contribution is 5.77. The third kappa shape index (κ3) is 4.23. The molecule has 1 saturated heterocycles. The molecule has 1 aromatic carbocycles. The summed E-state index contributed by atoms with van der Waals surface area (Å²) in [7, 11) is 0. The minimum atomic E-state index is 0.168. The van der Waals surface area contributed by atoms with E-state index in [1.165, 1.54) is 0 Å². The number of hydrogen-bond acceptors (Lipinski definition) is 3.